The molecule has 2 rings (SSSR count). The standard InChI is InChI=1S/C16H27N5OS.HI/c1-5-17-16(20-12-6-7-14(22)21(4)9-12)18-8-13-10-23-15(19-13)11(2)3;/h10-12H,5-9H2,1-4H3,(H2,17,18,20);1H. The zero-order chi connectivity index (χ0) is 16.8. The number of likely N-dealkylation sites (tertiary alicyclic amines) is 1. The fourth-order valence-corrected chi connectivity index (χ4v) is 3.29. The highest BCUT2D eigenvalue weighted by molar-refractivity contribution is 14.0. The number of hydrogen-bond acceptors (Lipinski definition) is 4. The van der Waals surface area contributed by atoms with E-state index in [0.717, 1.165) is 36.2 Å². The Hall–Kier alpha value is -0.900. The minimum atomic E-state index is 0. The van der Waals surface area contributed by atoms with Crippen molar-refractivity contribution < 1.29 is 4.79 Å². The van der Waals surface area contributed by atoms with Gasteiger partial charge in [-0.25, -0.2) is 9.98 Å². The van der Waals surface area contributed by atoms with Crippen molar-refractivity contribution in [2.24, 2.45) is 4.99 Å². The molecule has 1 aliphatic rings. The lowest BCUT2D eigenvalue weighted by Crippen LogP contribution is -2.51. The summed E-state index contributed by atoms with van der Waals surface area (Å²) in [7, 11) is 1.85. The molecule has 1 saturated heterocycles. The number of halogens is 1. The number of rotatable bonds is 5. The number of piperidine rings is 1. The first-order chi connectivity index (χ1) is 11.0. The van der Waals surface area contributed by atoms with Crippen molar-refractivity contribution in [1.29, 1.82) is 0 Å². The number of aromatic nitrogens is 1. The molecule has 1 aliphatic heterocycles. The third kappa shape index (κ3) is 6.19. The minimum absolute atomic E-state index is 0. The molecule has 1 fully saturated rings. The van der Waals surface area contributed by atoms with Gasteiger partial charge in [-0.3, -0.25) is 4.79 Å². The fourth-order valence-electron chi connectivity index (χ4n) is 2.46. The molecule has 0 aromatic carbocycles. The highest BCUT2D eigenvalue weighted by Crippen LogP contribution is 2.19. The highest BCUT2D eigenvalue weighted by Gasteiger charge is 2.23. The van der Waals surface area contributed by atoms with Crippen LogP contribution < -0.4 is 10.6 Å². The van der Waals surface area contributed by atoms with E-state index in [1.54, 1.807) is 16.2 Å². The van der Waals surface area contributed by atoms with Gasteiger partial charge in [-0.1, -0.05) is 13.8 Å². The third-order valence-corrected chi connectivity index (χ3v) is 4.97. The third-order valence-electron chi connectivity index (χ3n) is 3.77. The van der Waals surface area contributed by atoms with Crippen LogP contribution in [0.25, 0.3) is 0 Å². The van der Waals surface area contributed by atoms with Crippen molar-refractivity contribution in [2.45, 2.75) is 52.1 Å². The van der Waals surface area contributed by atoms with E-state index in [1.807, 2.05) is 14.0 Å². The summed E-state index contributed by atoms with van der Waals surface area (Å²) in [5.74, 6) is 1.47. The van der Waals surface area contributed by atoms with Crippen LogP contribution >= 0.6 is 35.3 Å². The summed E-state index contributed by atoms with van der Waals surface area (Å²) >= 11 is 1.69. The first-order valence-electron chi connectivity index (χ1n) is 8.22. The van der Waals surface area contributed by atoms with Crippen molar-refractivity contribution in [1.82, 2.24) is 20.5 Å². The number of thiazole rings is 1. The average Bonchev–Trinajstić information content (AvgIpc) is 2.98. The Morgan fingerprint density at radius 3 is 2.88 bits per heavy atom. The quantitative estimate of drug-likeness (QED) is 0.399. The molecule has 2 heterocycles. The van der Waals surface area contributed by atoms with Crippen molar-refractivity contribution >= 4 is 47.2 Å². The number of aliphatic imine (C=N–C) groups is 1. The van der Waals surface area contributed by atoms with Crippen LogP contribution in [0.5, 0.6) is 0 Å². The van der Waals surface area contributed by atoms with E-state index in [0.29, 0.717) is 18.9 Å². The number of amides is 1. The summed E-state index contributed by atoms with van der Waals surface area (Å²) in [5, 5.41) is 9.93. The summed E-state index contributed by atoms with van der Waals surface area (Å²) in [6, 6.07) is 0.247. The largest absolute Gasteiger partial charge is 0.357 e. The lowest BCUT2D eigenvalue weighted by atomic mass is 10.1. The Balaban J connectivity index is 0.00000288. The molecule has 8 heteroatoms. The first kappa shape index (κ1) is 21.1. The zero-order valence-electron chi connectivity index (χ0n) is 14.8. The lowest BCUT2D eigenvalue weighted by Gasteiger charge is -2.31. The molecule has 1 aromatic heterocycles. The second-order valence-corrected chi connectivity index (χ2v) is 7.07. The lowest BCUT2D eigenvalue weighted by molar-refractivity contribution is -0.132. The Morgan fingerprint density at radius 2 is 2.29 bits per heavy atom. The molecule has 24 heavy (non-hydrogen) atoms. The molecule has 0 bridgehead atoms. The van der Waals surface area contributed by atoms with Crippen LogP contribution in [0.15, 0.2) is 10.4 Å². The van der Waals surface area contributed by atoms with Gasteiger partial charge < -0.3 is 15.5 Å². The van der Waals surface area contributed by atoms with Crippen LogP contribution in [0, 0.1) is 0 Å². The van der Waals surface area contributed by atoms with Crippen LogP contribution in [0.2, 0.25) is 0 Å². The first-order valence-corrected chi connectivity index (χ1v) is 9.10. The number of carbonyl (C=O) groups is 1. The van der Waals surface area contributed by atoms with E-state index in [1.165, 1.54) is 0 Å². The van der Waals surface area contributed by atoms with Gasteiger partial charge in [0.1, 0.15) is 0 Å². The van der Waals surface area contributed by atoms with Crippen LogP contribution in [-0.2, 0) is 11.3 Å². The van der Waals surface area contributed by atoms with Gasteiger partial charge in [-0.05, 0) is 13.3 Å². The fraction of sp³-hybridized carbons (Fsp3) is 0.688. The van der Waals surface area contributed by atoms with Crippen LogP contribution in [0.4, 0.5) is 0 Å². The topological polar surface area (TPSA) is 69.6 Å². The van der Waals surface area contributed by atoms with Crippen LogP contribution in [0.3, 0.4) is 0 Å². The SMILES string of the molecule is CCNC(=NCc1csc(C(C)C)n1)NC1CCC(=O)N(C)C1.I. The summed E-state index contributed by atoms with van der Waals surface area (Å²) in [5.41, 5.74) is 1.01. The van der Waals surface area contributed by atoms with E-state index < -0.39 is 0 Å². The maximum atomic E-state index is 11.6. The number of likely N-dealkylation sites (N-methyl/N-ethyl adjacent to an activating group) is 1. The van der Waals surface area contributed by atoms with E-state index in [4.69, 9.17) is 0 Å². The van der Waals surface area contributed by atoms with Gasteiger partial charge in [-0.15, -0.1) is 35.3 Å². The Labute approximate surface area is 165 Å². The second kappa shape index (κ2) is 10.2. The molecule has 1 aromatic rings. The molecule has 1 amide bonds. The van der Waals surface area contributed by atoms with Crippen LogP contribution in [-0.4, -0.2) is 47.9 Å². The molecule has 0 aliphatic carbocycles. The summed E-state index contributed by atoms with van der Waals surface area (Å²) in [6.45, 7) is 8.45. The maximum absolute atomic E-state index is 11.6. The van der Waals surface area contributed by atoms with Crippen LogP contribution in [0.1, 0.15) is 50.2 Å². The normalized spacial score (nSPS) is 18.5. The molecular weight excluding hydrogens is 437 g/mol. The molecule has 0 saturated carbocycles. The molecule has 2 N–H and O–H groups in total. The molecular formula is C16H28IN5OS. The predicted octanol–water partition coefficient (Wildman–Crippen LogP) is 2.56. The number of nitrogens with one attached hydrogen (secondary N) is 2. The molecule has 136 valence electrons. The summed E-state index contributed by atoms with van der Waals surface area (Å²) < 4.78 is 0. The molecule has 1 atom stereocenters. The van der Waals surface area contributed by atoms with Gasteiger partial charge in [0.15, 0.2) is 5.96 Å². The Kier molecular flexibility index (Phi) is 8.96. The van der Waals surface area contributed by atoms with Crippen molar-refractivity contribution in [3.8, 4) is 0 Å². The van der Waals surface area contributed by atoms with Crippen molar-refractivity contribution in [2.75, 3.05) is 20.1 Å². The van der Waals surface area contributed by atoms with Gasteiger partial charge in [0, 0.05) is 43.9 Å². The maximum Gasteiger partial charge on any atom is 0.222 e. The van der Waals surface area contributed by atoms with Gasteiger partial charge in [0.25, 0.3) is 0 Å². The number of hydrogen-bond donors (Lipinski definition) is 2. The Bertz CT molecular complexity index is 560. The van der Waals surface area contributed by atoms with E-state index >= 15 is 0 Å². The van der Waals surface area contributed by atoms with Gasteiger partial charge in [0.05, 0.1) is 17.2 Å². The average molecular weight is 465 g/mol. The van der Waals surface area contributed by atoms with Gasteiger partial charge in [-0.2, -0.15) is 0 Å². The number of guanidine groups is 1. The van der Waals surface area contributed by atoms with E-state index in [-0.39, 0.29) is 35.9 Å². The summed E-state index contributed by atoms with van der Waals surface area (Å²) in [4.78, 5) is 22.6. The smallest absolute Gasteiger partial charge is 0.222 e. The van der Waals surface area contributed by atoms with E-state index in [9.17, 15) is 4.79 Å². The van der Waals surface area contributed by atoms with Crippen molar-refractivity contribution in [3.05, 3.63) is 16.1 Å². The van der Waals surface area contributed by atoms with Crippen molar-refractivity contribution in [3.63, 3.8) is 0 Å². The second-order valence-electron chi connectivity index (χ2n) is 6.18. The Morgan fingerprint density at radius 1 is 1.54 bits per heavy atom. The number of nitrogens with zero attached hydrogens (tertiary/aromatic N) is 3. The molecule has 6 nitrogen and oxygen atoms in total. The zero-order valence-corrected chi connectivity index (χ0v) is 18.0. The molecule has 0 radical (unpaired) electrons. The number of carbonyl (C=O) groups excluding carboxylic acids is 1. The van der Waals surface area contributed by atoms with Gasteiger partial charge in [0.2, 0.25) is 5.91 Å². The highest BCUT2D eigenvalue weighted by atomic mass is 127. The van der Waals surface area contributed by atoms with E-state index in [2.05, 4.69) is 39.8 Å². The monoisotopic (exact) mass is 465 g/mol. The molecule has 0 spiro atoms. The predicted molar refractivity (Wildman–Crippen MR) is 110 cm³/mol. The summed E-state index contributed by atoms with van der Waals surface area (Å²) in [6.07, 6.45) is 1.44. The van der Waals surface area contributed by atoms with Gasteiger partial charge >= 0.3 is 0 Å². The molecule has 1 unspecified atom stereocenters. The minimum Gasteiger partial charge on any atom is -0.357 e.